The van der Waals surface area contributed by atoms with Gasteiger partial charge in [0.05, 0.1) is 28.0 Å². The Hall–Kier alpha value is -4.07. The minimum Gasteiger partial charge on any atom is -0.274 e. The van der Waals surface area contributed by atoms with Crippen LogP contribution in [0.2, 0.25) is 5.02 Å². The first-order valence-electron chi connectivity index (χ1n) is 12.8. The molecular formula is C32H21BrClN3O3. The fraction of sp³-hybridized carbons (Fsp3) is 0.125. The normalized spacial score (nSPS) is 24.1. The number of hydrogen-bond acceptors (Lipinski definition) is 4. The Kier molecular flexibility index (Phi) is 5.77. The topological polar surface area (TPSA) is 78.8 Å². The van der Waals surface area contributed by atoms with E-state index in [1.807, 2.05) is 48.5 Å². The fourth-order valence-electron chi connectivity index (χ4n) is 6.78. The summed E-state index contributed by atoms with van der Waals surface area (Å²) in [5.41, 5.74) is 6.16. The largest absolute Gasteiger partial charge is 0.274 e. The molecule has 4 aromatic rings. The molecule has 6 nitrogen and oxygen atoms in total. The summed E-state index contributed by atoms with van der Waals surface area (Å²) in [6.45, 7) is 0. The molecule has 3 aliphatic carbocycles. The lowest BCUT2D eigenvalue weighted by atomic mass is 9.47. The van der Waals surface area contributed by atoms with Gasteiger partial charge in [0.25, 0.3) is 5.91 Å². The van der Waals surface area contributed by atoms with Crippen molar-refractivity contribution in [1.29, 1.82) is 0 Å². The van der Waals surface area contributed by atoms with Gasteiger partial charge in [-0.05, 0) is 58.7 Å². The van der Waals surface area contributed by atoms with Crippen LogP contribution < -0.4 is 10.3 Å². The summed E-state index contributed by atoms with van der Waals surface area (Å²) in [6, 6.07) is 29.6. The SMILES string of the molecule is O=C(N/N=C/C12c3ccccc3C(c3ccccc31)[C@@H]1C(=O)N(c3ccccc3Cl)C(=O)[C@@H]12)c1ccc(Br)cc1. The third-order valence-corrected chi connectivity index (χ3v) is 9.17. The number of rotatable bonds is 4. The number of benzene rings is 4. The van der Waals surface area contributed by atoms with Crippen LogP contribution in [0.4, 0.5) is 5.69 Å². The van der Waals surface area contributed by atoms with Crippen molar-refractivity contribution in [2.24, 2.45) is 16.9 Å². The first kappa shape index (κ1) is 24.9. The van der Waals surface area contributed by atoms with E-state index < -0.39 is 17.3 Å². The van der Waals surface area contributed by atoms with E-state index in [9.17, 15) is 14.4 Å². The highest BCUT2D eigenvalue weighted by molar-refractivity contribution is 9.10. The van der Waals surface area contributed by atoms with Crippen LogP contribution in [0.25, 0.3) is 0 Å². The molecule has 1 heterocycles. The summed E-state index contributed by atoms with van der Waals surface area (Å²) < 4.78 is 0.858. The molecule has 0 unspecified atom stereocenters. The van der Waals surface area contributed by atoms with Gasteiger partial charge in [0.15, 0.2) is 0 Å². The highest BCUT2D eigenvalue weighted by Gasteiger charge is 2.68. The summed E-state index contributed by atoms with van der Waals surface area (Å²) in [4.78, 5) is 42.7. The Morgan fingerprint density at radius 2 is 1.45 bits per heavy atom. The molecule has 3 amide bonds. The summed E-state index contributed by atoms with van der Waals surface area (Å²) in [5, 5.41) is 4.78. The Morgan fingerprint density at radius 3 is 2.10 bits per heavy atom. The highest BCUT2D eigenvalue weighted by Crippen LogP contribution is 2.63. The van der Waals surface area contributed by atoms with Gasteiger partial charge in [0.1, 0.15) is 0 Å². The quantitative estimate of drug-likeness (QED) is 0.173. The number of amides is 3. The van der Waals surface area contributed by atoms with Crippen molar-refractivity contribution >= 4 is 57.2 Å². The first-order chi connectivity index (χ1) is 19.4. The molecule has 0 spiro atoms. The molecule has 8 heteroatoms. The van der Waals surface area contributed by atoms with Crippen molar-refractivity contribution in [3.05, 3.63) is 134 Å². The Bertz CT molecular complexity index is 1710. The number of para-hydroxylation sites is 1. The van der Waals surface area contributed by atoms with Crippen LogP contribution in [-0.2, 0) is 15.0 Å². The Balaban J connectivity index is 1.41. The van der Waals surface area contributed by atoms with Crippen LogP contribution in [0.3, 0.4) is 0 Å². The zero-order valence-corrected chi connectivity index (χ0v) is 23.3. The number of nitrogens with one attached hydrogen (secondary N) is 1. The minimum absolute atomic E-state index is 0.284. The Labute approximate surface area is 243 Å². The number of anilines is 1. The van der Waals surface area contributed by atoms with Crippen molar-refractivity contribution in [3.8, 4) is 0 Å². The molecule has 0 radical (unpaired) electrons. The molecule has 0 saturated carbocycles. The van der Waals surface area contributed by atoms with Crippen LogP contribution in [0, 0.1) is 11.8 Å². The molecule has 1 saturated heterocycles. The molecule has 1 N–H and O–H groups in total. The lowest BCUT2D eigenvalue weighted by Gasteiger charge is -2.52. The minimum atomic E-state index is -1.08. The molecule has 1 aliphatic heterocycles. The molecule has 0 aromatic heterocycles. The zero-order chi connectivity index (χ0) is 27.6. The molecule has 4 aliphatic rings. The zero-order valence-electron chi connectivity index (χ0n) is 20.9. The molecular weight excluding hydrogens is 590 g/mol. The van der Waals surface area contributed by atoms with Crippen molar-refractivity contribution < 1.29 is 14.4 Å². The molecule has 8 rings (SSSR count). The number of nitrogens with zero attached hydrogens (tertiary/aromatic N) is 2. The van der Waals surface area contributed by atoms with Crippen LogP contribution in [-0.4, -0.2) is 23.9 Å². The van der Waals surface area contributed by atoms with E-state index in [1.165, 1.54) is 4.90 Å². The Morgan fingerprint density at radius 1 is 0.850 bits per heavy atom. The van der Waals surface area contributed by atoms with Gasteiger partial charge in [-0.25, -0.2) is 10.3 Å². The second kappa shape index (κ2) is 9.25. The van der Waals surface area contributed by atoms with Gasteiger partial charge in [-0.1, -0.05) is 88.2 Å². The van der Waals surface area contributed by atoms with Gasteiger partial charge in [-0.2, -0.15) is 5.10 Å². The maximum absolute atomic E-state index is 14.4. The third-order valence-electron chi connectivity index (χ3n) is 8.32. The fourth-order valence-corrected chi connectivity index (χ4v) is 7.26. The number of hydrazone groups is 1. The summed E-state index contributed by atoms with van der Waals surface area (Å²) in [7, 11) is 0. The molecule has 1 fully saturated rings. The summed E-state index contributed by atoms with van der Waals surface area (Å²) >= 11 is 9.88. The lowest BCUT2D eigenvalue weighted by molar-refractivity contribution is -0.122. The lowest BCUT2D eigenvalue weighted by Crippen LogP contribution is -2.54. The van der Waals surface area contributed by atoms with Crippen LogP contribution in [0.5, 0.6) is 0 Å². The predicted octanol–water partition coefficient (Wildman–Crippen LogP) is 6.07. The second-order valence-electron chi connectivity index (χ2n) is 10.2. The highest BCUT2D eigenvalue weighted by atomic mass is 79.9. The molecule has 40 heavy (non-hydrogen) atoms. The van der Waals surface area contributed by atoms with E-state index >= 15 is 0 Å². The predicted molar refractivity (Wildman–Crippen MR) is 157 cm³/mol. The summed E-state index contributed by atoms with van der Waals surface area (Å²) in [6.07, 6.45) is 1.65. The smallest absolute Gasteiger partial charge is 0.271 e. The molecule has 2 atom stereocenters. The second-order valence-corrected chi connectivity index (χ2v) is 11.5. The first-order valence-corrected chi connectivity index (χ1v) is 14.0. The average Bonchev–Trinajstić information content (AvgIpc) is 3.24. The van der Waals surface area contributed by atoms with Gasteiger partial charge < -0.3 is 0 Å². The number of carbonyl (C=O) groups is 3. The van der Waals surface area contributed by atoms with E-state index in [-0.39, 0.29) is 23.6 Å². The molecule has 2 bridgehead atoms. The number of imide groups is 1. The van der Waals surface area contributed by atoms with Crippen molar-refractivity contribution in [3.63, 3.8) is 0 Å². The number of halogens is 2. The van der Waals surface area contributed by atoms with Crippen molar-refractivity contribution in [2.45, 2.75) is 11.3 Å². The van der Waals surface area contributed by atoms with Gasteiger partial charge in [-0.3, -0.25) is 14.4 Å². The third kappa shape index (κ3) is 3.41. The monoisotopic (exact) mass is 609 g/mol. The van der Waals surface area contributed by atoms with Crippen LogP contribution in [0.1, 0.15) is 38.5 Å². The molecule has 196 valence electrons. The average molecular weight is 611 g/mol. The van der Waals surface area contributed by atoms with Gasteiger partial charge in [0.2, 0.25) is 11.8 Å². The molecule has 4 aromatic carbocycles. The van der Waals surface area contributed by atoms with Gasteiger partial charge >= 0.3 is 0 Å². The maximum atomic E-state index is 14.4. The van der Waals surface area contributed by atoms with E-state index in [1.54, 1.807) is 54.7 Å². The number of carbonyl (C=O) groups excluding carboxylic acids is 3. The van der Waals surface area contributed by atoms with E-state index in [4.69, 9.17) is 11.6 Å². The van der Waals surface area contributed by atoms with Gasteiger partial charge in [-0.15, -0.1) is 0 Å². The van der Waals surface area contributed by atoms with Crippen molar-refractivity contribution in [2.75, 3.05) is 4.90 Å². The van der Waals surface area contributed by atoms with Crippen LogP contribution >= 0.6 is 27.5 Å². The van der Waals surface area contributed by atoms with E-state index in [0.29, 0.717) is 16.3 Å². The van der Waals surface area contributed by atoms with E-state index in [2.05, 4.69) is 26.5 Å². The van der Waals surface area contributed by atoms with Crippen molar-refractivity contribution in [1.82, 2.24) is 5.43 Å². The van der Waals surface area contributed by atoms with E-state index in [0.717, 1.165) is 26.7 Å². The summed E-state index contributed by atoms with van der Waals surface area (Å²) in [5.74, 6) is -2.71. The van der Waals surface area contributed by atoms with Crippen LogP contribution in [0.15, 0.2) is 107 Å². The number of hydrogen-bond donors (Lipinski definition) is 1. The standard InChI is InChI=1S/C32H21BrClN3O3/c33-19-15-13-18(14-16-19)29(38)36-35-17-32-22-9-3-1-7-20(22)26(21-8-2-4-10-23(21)32)27-28(32)31(40)37(30(27)39)25-12-6-5-11-24(25)34/h1-17,26-28H,(H,36,38)/b35-17+/t26?,27-,28+,32?/m0/s1. The van der Waals surface area contributed by atoms with Gasteiger partial charge in [0, 0.05) is 22.2 Å². The maximum Gasteiger partial charge on any atom is 0.271 e.